The van der Waals surface area contributed by atoms with Crippen molar-refractivity contribution < 1.29 is 13.2 Å². The van der Waals surface area contributed by atoms with Crippen LogP contribution in [0.5, 0.6) is 0 Å². The molecule has 0 bridgehead atoms. The van der Waals surface area contributed by atoms with Gasteiger partial charge in [0.1, 0.15) is 9.84 Å². The number of nitrogens with one attached hydrogen (secondary N) is 2. The smallest absolute Gasteiger partial charge is 0.315 e. The van der Waals surface area contributed by atoms with E-state index >= 15 is 0 Å². The number of urea groups is 1. The molecule has 1 unspecified atom stereocenters. The van der Waals surface area contributed by atoms with Gasteiger partial charge in [0, 0.05) is 17.3 Å². The van der Waals surface area contributed by atoms with E-state index in [0.29, 0.717) is 36.6 Å². The third kappa shape index (κ3) is 5.11. The predicted octanol–water partition coefficient (Wildman–Crippen LogP) is 3.45. The van der Waals surface area contributed by atoms with Gasteiger partial charge in [0.25, 0.3) is 0 Å². The third-order valence-electron chi connectivity index (χ3n) is 5.22. The van der Waals surface area contributed by atoms with E-state index in [-0.39, 0.29) is 23.4 Å². The van der Waals surface area contributed by atoms with Gasteiger partial charge in [-0.2, -0.15) is 0 Å². The second-order valence-corrected chi connectivity index (χ2v) is 10.0. The zero-order valence-corrected chi connectivity index (χ0v) is 15.9. The quantitative estimate of drug-likeness (QED) is 0.816. The minimum atomic E-state index is -2.98. The summed E-state index contributed by atoms with van der Waals surface area (Å²) >= 11 is 5.95. The van der Waals surface area contributed by atoms with Crippen LogP contribution in [0.4, 0.5) is 4.79 Å². The van der Waals surface area contributed by atoms with Gasteiger partial charge in [-0.25, -0.2) is 13.2 Å². The van der Waals surface area contributed by atoms with Gasteiger partial charge >= 0.3 is 6.03 Å². The molecule has 138 valence electrons. The molecule has 2 saturated carbocycles. The Balaban J connectivity index is 1.54. The number of hydrogen-bond acceptors (Lipinski definition) is 3. The molecular weight excluding hydrogens is 360 g/mol. The highest BCUT2D eigenvalue weighted by Gasteiger charge is 2.34. The average molecular weight is 385 g/mol. The molecule has 5 nitrogen and oxygen atoms in total. The van der Waals surface area contributed by atoms with E-state index in [0.717, 1.165) is 18.4 Å². The molecule has 1 aromatic carbocycles. The van der Waals surface area contributed by atoms with Gasteiger partial charge in [0.15, 0.2) is 0 Å². The highest BCUT2D eigenvalue weighted by molar-refractivity contribution is 7.91. The normalized spacial score (nSPS) is 25.2. The maximum Gasteiger partial charge on any atom is 0.315 e. The summed E-state index contributed by atoms with van der Waals surface area (Å²) in [5, 5.41) is 6.53. The molecule has 2 aliphatic rings. The summed E-state index contributed by atoms with van der Waals surface area (Å²) in [7, 11) is -2.98. The lowest BCUT2D eigenvalue weighted by atomic mass is 9.95. The van der Waals surface area contributed by atoms with Crippen LogP contribution in [-0.4, -0.2) is 32.0 Å². The second kappa shape index (κ2) is 7.54. The first-order valence-corrected chi connectivity index (χ1v) is 11.2. The summed E-state index contributed by atoms with van der Waals surface area (Å²) in [5.74, 6) is 0.480. The maximum atomic E-state index is 12.4. The fraction of sp³-hybridized carbons (Fsp3) is 0.611. The Bertz CT molecular complexity index is 708. The Morgan fingerprint density at radius 1 is 1.08 bits per heavy atom. The zero-order valence-electron chi connectivity index (χ0n) is 14.4. The predicted molar refractivity (Wildman–Crippen MR) is 99.5 cm³/mol. The molecule has 3 rings (SSSR count). The molecule has 1 atom stereocenters. The number of rotatable bonds is 5. The van der Waals surface area contributed by atoms with Crippen molar-refractivity contribution in [3.63, 3.8) is 0 Å². The molecule has 25 heavy (non-hydrogen) atoms. The van der Waals surface area contributed by atoms with Gasteiger partial charge in [0.2, 0.25) is 0 Å². The van der Waals surface area contributed by atoms with E-state index in [4.69, 9.17) is 11.6 Å². The van der Waals surface area contributed by atoms with Gasteiger partial charge in [0.05, 0.1) is 11.3 Å². The van der Waals surface area contributed by atoms with Crippen LogP contribution in [0.15, 0.2) is 24.3 Å². The number of benzene rings is 1. The van der Waals surface area contributed by atoms with Crippen LogP contribution in [0.2, 0.25) is 5.02 Å². The minimum Gasteiger partial charge on any atom is -0.335 e. The van der Waals surface area contributed by atoms with Crippen molar-refractivity contribution in [2.24, 2.45) is 5.92 Å². The summed E-state index contributed by atoms with van der Waals surface area (Å²) in [6.07, 6.45) is 6.19. The number of sulfone groups is 1. The van der Waals surface area contributed by atoms with Gasteiger partial charge in [-0.1, -0.05) is 23.7 Å². The molecule has 0 aromatic heterocycles. The summed E-state index contributed by atoms with van der Waals surface area (Å²) in [4.78, 5) is 12.4. The largest absolute Gasteiger partial charge is 0.335 e. The highest BCUT2D eigenvalue weighted by atomic mass is 35.5. The summed E-state index contributed by atoms with van der Waals surface area (Å²) in [6, 6.07) is 7.49. The second-order valence-electron chi connectivity index (χ2n) is 7.29. The van der Waals surface area contributed by atoms with Gasteiger partial charge in [-0.3, -0.25) is 0 Å². The van der Waals surface area contributed by atoms with Crippen LogP contribution in [0.25, 0.3) is 0 Å². The lowest BCUT2D eigenvalue weighted by Gasteiger charge is -2.29. The monoisotopic (exact) mass is 384 g/mol. The number of hydrogen-bond donors (Lipinski definition) is 2. The first-order valence-electron chi connectivity index (χ1n) is 8.84. The molecule has 2 N–H and O–H groups in total. The van der Waals surface area contributed by atoms with Crippen molar-refractivity contribution in [1.82, 2.24) is 10.6 Å². The van der Waals surface area contributed by atoms with Gasteiger partial charge in [-0.15, -0.1) is 0 Å². The number of amides is 2. The Labute approximate surface area is 154 Å². The third-order valence-corrected chi connectivity index (χ3v) is 7.16. The summed E-state index contributed by atoms with van der Waals surface area (Å²) < 4.78 is 23.2. The Kier molecular flexibility index (Phi) is 5.58. The van der Waals surface area contributed by atoms with Crippen molar-refractivity contribution in [1.29, 1.82) is 0 Å². The molecular formula is C18H25ClN2O3S. The fourth-order valence-electron chi connectivity index (χ4n) is 3.58. The molecule has 0 heterocycles. The number of halogens is 1. The van der Waals surface area contributed by atoms with E-state index in [1.54, 1.807) is 0 Å². The van der Waals surface area contributed by atoms with Crippen LogP contribution in [0, 0.1) is 5.92 Å². The average Bonchev–Trinajstić information content (AvgIpc) is 3.38. The summed E-state index contributed by atoms with van der Waals surface area (Å²) in [5.41, 5.74) is 1.07. The van der Waals surface area contributed by atoms with E-state index < -0.39 is 9.84 Å². The molecule has 7 heteroatoms. The van der Waals surface area contributed by atoms with Crippen molar-refractivity contribution in [3.8, 4) is 0 Å². The number of carbonyl (C=O) groups excluding carboxylic acids is 1. The molecule has 0 aliphatic heterocycles. The molecule has 2 amide bonds. The van der Waals surface area contributed by atoms with E-state index in [1.807, 2.05) is 24.3 Å². The topological polar surface area (TPSA) is 75.3 Å². The molecule has 0 saturated heterocycles. The maximum absolute atomic E-state index is 12.4. The Morgan fingerprint density at radius 2 is 1.68 bits per heavy atom. The molecule has 0 radical (unpaired) electrons. The van der Waals surface area contributed by atoms with Gasteiger partial charge < -0.3 is 10.6 Å². The first-order chi connectivity index (χ1) is 11.8. The van der Waals surface area contributed by atoms with Crippen LogP contribution >= 0.6 is 11.6 Å². The lowest BCUT2D eigenvalue weighted by molar-refractivity contribution is 0.227. The minimum absolute atomic E-state index is 0.00428. The standard InChI is InChI=1S/C18H25ClN2O3S/c1-25(23,24)16-10-8-15(9-11-16)20-18(22)21-17(12-2-3-12)13-4-6-14(19)7-5-13/h4-7,12,15-17H,2-3,8-11H2,1H3,(H2,20,21,22). The van der Waals surface area contributed by atoms with Crippen molar-refractivity contribution in [2.45, 2.75) is 55.9 Å². The van der Waals surface area contributed by atoms with Crippen LogP contribution in [0.1, 0.15) is 50.1 Å². The number of carbonyl (C=O) groups is 1. The fourth-order valence-corrected chi connectivity index (χ4v) is 4.83. The molecule has 0 spiro atoms. The van der Waals surface area contributed by atoms with E-state index in [1.165, 1.54) is 6.26 Å². The van der Waals surface area contributed by atoms with E-state index in [2.05, 4.69) is 10.6 Å². The van der Waals surface area contributed by atoms with Crippen LogP contribution in [0.3, 0.4) is 0 Å². The SMILES string of the molecule is CS(=O)(=O)C1CCC(NC(=O)NC(c2ccc(Cl)cc2)C2CC2)CC1. The Morgan fingerprint density at radius 3 is 2.20 bits per heavy atom. The van der Waals surface area contributed by atoms with Gasteiger partial charge in [-0.05, 0) is 62.1 Å². The summed E-state index contributed by atoms with van der Waals surface area (Å²) in [6.45, 7) is 0. The van der Waals surface area contributed by atoms with Crippen molar-refractivity contribution in [2.75, 3.05) is 6.26 Å². The first kappa shape index (κ1) is 18.5. The van der Waals surface area contributed by atoms with Crippen LogP contribution in [-0.2, 0) is 9.84 Å². The van der Waals surface area contributed by atoms with Crippen LogP contribution < -0.4 is 10.6 Å². The van der Waals surface area contributed by atoms with Crippen molar-refractivity contribution >= 4 is 27.5 Å². The molecule has 1 aromatic rings. The van der Waals surface area contributed by atoms with E-state index in [9.17, 15) is 13.2 Å². The zero-order chi connectivity index (χ0) is 18.0. The Hall–Kier alpha value is -1.27. The molecule has 2 fully saturated rings. The highest BCUT2D eigenvalue weighted by Crippen LogP contribution is 2.41. The molecule has 2 aliphatic carbocycles. The lowest BCUT2D eigenvalue weighted by Crippen LogP contribution is -2.46. The van der Waals surface area contributed by atoms with Crippen molar-refractivity contribution in [3.05, 3.63) is 34.9 Å².